The van der Waals surface area contributed by atoms with Crippen LogP contribution in [0, 0.1) is 0 Å². The second kappa shape index (κ2) is 7.36. The third-order valence-electron chi connectivity index (χ3n) is 5.53. The van der Waals surface area contributed by atoms with Crippen molar-refractivity contribution in [3.63, 3.8) is 0 Å². The van der Waals surface area contributed by atoms with Gasteiger partial charge in [0.15, 0.2) is 0 Å². The van der Waals surface area contributed by atoms with Gasteiger partial charge in [-0.15, -0.1) is 0 Å². The van der Waals surface area contributed by atoms with E-state index in [0.717, 1.165) is 43.2 Å². The number of nitrogens with zero attached hydrogens (tertiary/aromatic N) is 6. The van der Waals surface area contributed by atoms with Gasteiger partial charge in [0.2, 0.25) is 0 Å². The number of piperidine rings is 1. The molecular weight excluding hydrogens is 368 g/mol. The summed E-state index contributed by atoms with van der Waals surface area (Å²) in [6.45, 7) is 2.23. The molecular formula is C21H24N6O2. The Labute approximate surface area is 168 Å². The monoisotopic (exact) mass is 392 g/mol. The number of hydrogen-bond donors (Lipinski definition) is 0. The van der Waals surface area contributed by atoms with Gasteiger partial charge in [-0.05, 0) is 18.2 Å². The molecule has 0 unspecified atom stereocenters. The molecule has 8 nitrogen and oxygen atoms in total. The number of fused-ring (bicyclic) bond motifs is 2. The van der Waals surface area contributed by atoms with Crippen LogP contribution in [0.1, 0.15) is 18.5 Å². The van der Waals surface area contributed by atoms with Crippen molar-refractivity contribution >= 4 is 22.5 Å². The van der Waals surface area contributed by atoms with E-state index in [-0.39, 0.29) is 6.10 Å². The Balaban J connectivity index is 1.33. The molecule has 1 aromatic carbocycles. The molecule has 1 saturated heterocycles. The van der Waals surface area contributed by atoms with Crippen LogP contribution >= 0.6 is 0 Å². The Kier molecular flexibility index (Phi) is 4.55. The molecule has 8 heteroatoms. The van der Waals surface area contributed by atoms with Crippen LogP contribution in [0.25, 0.3) is 16.7 Å². The van der Waals surface area contributed by atoms with E-state index in [1.54, 1.807) is 18.0 Å². The minimum atomic E-state index is 0.198. The summed E-state index contributed by atoms with van der Waals surface area (Å²) in [5, 5.41) is 5.51. The number of hydrogen-bond acceptors (Lipinski definition) is 6. The first-order chi connectivity index (χ1) is 14.2. The van der Waals surface area contributed by atoms with Crippen molar-refractivity contribution in [2.24, 2.45) is 7.05 Å². The fourth-order valence-electron chi connectivity index (χ4n) is 4.05. The lowest BCUT2D eigenvalue weighted by atomic mass is 10.1. The van der Waals surface area contributed by atoms with Gasteiger partial charge in [-0.25, -0.2) is 4.98 Å². The van der Waals surface area contributed by atoms with Gasteiger partial charge in [-0.1, -0.05) is 6.07 Å². The van der Waals surface area contributed by atoms with Crippen molar-refractivity contribution in [2.45, 2.75) is 25.6 Å². The first-order valence-corrected chi connectivity index (χ1v) is 9.87. The van der Waals surface area contributed by atoms with E-state index in [1.807, 2.05) is 6.07 Å². The third kappa shape index (κ3) is 3.29. The maximum atomic E-state index is 6.39. The van der Waals surface area contributed by atoms with E-state index in [2.05, 4.69) is 62.0 Å². The average Bonchev–Trinajstić information content (AvgIpc) is 3.36. The summed E-state index contributed by atoms with van der Waals surface area (Å²) >= 11 is 0. The van der Waals surface area contributed by atoms with Gasteiger partial charge in [0.25, 0.3) is 5.78 Å². The van der Waals surface area contributed by atoms with Crippen LogP contribution < -0.4 is 9.64 Å². The van der Waals surface area contributed by atoms with E-state index in [9.17, 15) is 0 Å². The molecule has 0 N–H and O–H groups in total. The van der Waals surface area contributed by atoms with Crippen LogP contribution in [0.4, 0.5) is 5.82 Å². The molecule has 0 bridgehead atoms. The minimum Gasteiger partial charge on any atom is -0.490 e. The highest BCUT2D eigenvalue weighted by Crippen LogP contribution is 2.29. The minimum absolute atomic E-state index is 0.198. The number of aryl methyl sites for hydroxylation is 1. The lowest BCUT2D eigenvalue weighted by Crippen LogP contribution is -2.39. The zero-order chi connectivity index (χ0) is 19.8. The highest BCUT2D eigenvalue weighted by molar-refractivity contribution is 5.86. The SMILES string of the molecule is COCc1cc(N2CCC(Oc3cccc4c3ccn4C)CC2)n2ncnc2n1. The zero-order valence-electron chi connectivity index (χ0n) is 16.7. The molecule has 0 aliphatic carbocycles. The van der Waals surface area contributed by atoms with Crippen LogP contribution in [0.2, 0.25) is 0 Å². The van der Waals surface area contributed by atoms with Crippen LogP contribution in [0.3, 0.4) is 0 Å². The van der Waals surface area contributed by atoms with Gasteiger partial charge >= 0.3 is 0 Å². The fraction of sp³-hybridized carbons (Fsp3) is 0.381. The highest BCUT2D eigenvalue weighted by atomic mass is 16.5. The first-order valence-electron chi connectivity index (χ1n) is 9.87. The molecule has 0 amide bonds. The normalized spacial score (nSPS) is 15.4. The standard InChI is InChI=1S/C21H24N6O2/c1-25-9-8-17-18(25)4-3-5-19(17)29-16-6-10-26(11-7-16)20-12-15(13-28-2)24-21-22-14-23-27(20)21/h3-5,8-9,12,14,16H,6-7,10-11,13H2,1-2H3. The number of benzene rings is 1. The number of methoxy groups -OCH3 is 1. The van der Waals surface area contributed by atoms with Gasteiger partial charge < -0.3 is 18.9 Å². The van der Waals surface area contributed by atoms with E-state index >= 15 is 0 Å². The summed E-state index contributed by atoms with van der Waals surface area (Å²) in [5.41, 5.74) is 2.05. The van der Waals surface area contributed by atoms with Gasteiger partial charge in [0.1, 0.15) is 24.0 Å². The Bertz CT molecular complexity index is 1140. The molecule has 0 spiro atoms. The van der Waals surface area contributed by atoms with Crippen LogP contribution in [-0.2, 0) is 18.4 Å². The van der Waals surface area contributed by atoms with Gasteiger partial charge in [0.05, 0.1) is 17.8 Å². The second-order valence-electron chi connectivity index (χ2n) is 7.43. The maximum Gasteiger partial charge on any atom is 0.254 e. The van der Waals surface area contributed by atoms with Gasteiger partial charge in [-0.2, -0.15) is 14.6 Å². The van der Waals surface area contributed by atoms with Crippen molar-refractivity contribution in [1.29, 1.82) is 0 Å². The van der Waals surface area contributed by atoms with E-state index < -0.39 is 0 Å². The van der Waals surface area contributed by atoms with Crippen molar-refractivity contribution in [1.82, 2.24) is 24.1 Å². The molecule has 3 aromatic heterocycles. The molecule has 0 radical (unpaired) electrons. The second-order valence-corrected chi connectivity index (χ2v) is 7.43. The predicted molar refractivity (Wildman–Crippen MR) is 110 cm³/mol. The zero-order valence-corrected chi connectivity index (χ0v) is 16.7. The predicted octanol–water partition coefficient (Wildman–Crippen LogP) is 2.81. The Morgan fingerprint density at radius 2 is 2.03 bits per heavy atom. The molecule has 4 heterocycles. The first kappa shape index (κ1) is 17.9. The lowest BCUT2D eigenvalue weighted by Gasteiger charge is -2.33. The number of rotatable bonds is 5. The summed E-state index contributed by atoms with van der Waals surface area (Å²) in [4.78, 5) is 11.1. The molecule has 29 heavy (non-hydrogen) atoms. The fourth-order valence-corrected chi connectivity index (χ4v) is 4.05. The Morgan fingerprint density at radius 3 is 2.86 bits per heavy atom. The van der Waals surface area contributed by atoms with E-state index in [0.29, 0.717) is 12.4 Å². The summed E-state index contributed by atoms with van der Waals surface area (Å²) in [7, 11) is 3.73. The summed E-state index contributed by atoms with van der Waals surface area (Å²) in [6, 6.07) is 10.4. The molecule has 1 aliphatic heterocycles. The summed E-state index contributed by atoms with van der Waals surface area (Å²) in [5.74, 6) is 2.57. The molecule has 4 aromatic rings. The van der Waals surface area contributed by atoms with Crippen molar-refractivity contribution in [3.05, 3.63) is 48.5 Å². The smallest absolute Gasteiger partial charge is 0.254 e. The van der Waals surface area contributed by atoms with Crippen molar-refractivity contribution in [3.8, 4) is 5.75 Å². The maximum absolute atomic E-state index is 6.39. The van der Waals surface area contributed by atoms with Crippen LogP contribution in [0.5, 0.6) is 5.75 Å². The molecule has 150 valence electrons. The third-order valence-corrected chi connectivity index (χ3v) is 5.53. The quantitative estimate of drug-likeness (QED) is 0.520. The lowest BCUT2D eigenvalue weighted by molar-refractivity contribution is 0.172. The summed E-state index contributed by atoms with van der Waals surface area (Å²) < 4.78 is 15.6. The molecule has 5 rings (SSSR count). The summed E-state index contributed by atoms with van der Waals surface area (Å²) in [6.07, 6.45) is 5.70. The van der Waals surface area contributed by atoms with Crippen molar-refractivity contribution < 1.29 is 9.47 Å². The van der Waals surface area contributed by atoms with Crippen LogP contribution in [-0.4, -0.2) is 50.5 Å². The average molecular weight is 392 g/mol. The Morgan fingerprint density at radius 1 is 1.17 bits per heavy atom. The van der Waals surface area contributed by atoms with E-state index in [4.69, 9.17) is 9.47 Å². The van der Waals surface area contributed by atoms with Gasteiger partial charge in [0, 0.05) is 57.7 Å². The largest absolute Gasteiger partial charge is 0.490 e. The molecule has 0 atom stereocenters. The molecule has 1 aliphatic rings. The molecule has 0 saturated carbocycles. The van der Waals surface area contributed by atoms with Crippen molar-refractivity contribution in [2.75, 3.05) is 25.1 Å². The number of anilines is 1. The number of aromatic nitrogens is 5. The number of ether oxygens (including phenoxy) is 2. The topological polar surface area (TPSA) is 69.7 Å². The van der Waals surface area contributed by atoms with Gasteiger partial charge in [-0.3, -0.25) is 0 Å². The van der Waals surface area contributed by atoms with Crippen LogP contribution in [0.15, 0.2) is 42.9 Å². The molecule has 1 fully saturated rings. The highest BCUT2D eigenvalue weighted by Gasteiger charge is 2.24. The Hall–Kier alpha value is -3.13. The van der Waals surface area contributed by atoms with E-state index in [1.165, 1.54) is 10.9 Å².